The van der Waals surface area contributed by atoms with Gasteiger partial charge in [-0.25, -0.2) is 0 Å². The van der Waals surface area contributed by atoms with Gasteiger partial charge in [-0.3, -0.25) is 0 Å². The van der Waals surface area contributed by atoms with Crippen molar-refractivity contribution in [3.8, 4) is 11.5 Å². The highest BCUT2D eigenvalue weighted by Crippen LogP contribution is 2.34. The predicted molar refractivity (Wildman–Crippen MR) is 84.1 cm³/mol. The molecule has 1 fully saturated rings. The third kappa shape index (κ3) is 2.94. The summed E-state index contributed by atoms with van der Waals surface area (Å²) in [5.74, 6) is 2.64. The van der Waals surface area contributed by atoms with Gasteiger partial charge in [-0.05, 0) is 30.4 Å². The summed E-state index contributed by atoms with van der Waals surface area (Å²) in [7, 11) is 0. The maximum atomic E-state index is 5.59. The summed E-state index contributed by atoms with van der Waals surface area (Å²) in [6.07, 6.45) is 3.86. The second kappa shape index (κ2) is 5.88. The smallest absolute Gasteiger partial charge is 0.249 e. The van der Waals surface area contributed by atoms with Gasteiger partial charge in [0.05, 0.1) is 5.56 Å². The van der Waals surface area contributed by atoms with E-state index in [1.807, 2.05) is 25.1 Å². The van der Waals surface area contributed by atoms with Crippen molar-refractivity contribution in [2.24, 2.45) is 11.8 Å². The zero-order chi connectivity index (χ0) is 14.8. The summed E-state index contributed by atoms with van der Waals surface area (Å²) in [4.78, 5) is 0. The van der Waals surface area contributed by atoms with E-state index in [-0.39, 0.29) is 0 Å². The number of hydrogen-bond acceptors (Lipinski definition) is 4. The number of para-hydroxylation sites is 1. The van der Waals surface area contributed by atoms with E-state index in [2.05, 4.69) is 35.4 Å². The normalized spacial score (nSPS) is 25.8. The molecule has 1 heterocycles. The van der Waals surface area contributed by atoms with Crippen LogP contribution in [0.5, 0.6) is 0 Å². The van der Waals surface area contributed by atoms with Crippen LogP contribution in [-0.4, -0.2) is 16.2 Å². The van der Waals surface area contributed by atoms with Gasteiger partial charge in [-0.2, -0.15) is 0 Å². The molecule has 21 heavy (non-hydrogen) atoms. The molecule has 1 saturated carbocycles. The number of benzene rings is 1. The Labute approximate surface area is 126 Å². The van der Waals surface area contributed by atoms with Crippen molar-refractivity contribution in [2.45, 2.75) is 46.1 Å². The van der Waals surface area contributed by atoms with Crippen molar-refractivity contribution >= 4 is 5.69 Å². The van der Waals surface area contributed by atoms with E-state index in [9.17, 15) is 0 Å². The first-order valence-electron chi connectivity index (χ1n) is 7.81. The van der Waals surface area contributed by atoms with Crippen LogP contribution < -0.4 is 5.32 Å². The fraction of sp³-hybridized carbons (Fsp3) is 0.529. The van der Waals surface area contributed by atoms with Crippen LogP contribution in [0.4, 0.5) is 5.69 Å². The summed E-state index contributed by atoms with van der Waals surface area (Å²) in [5.41, 5.74) is 2.08. The van der Waals surface area contributed by atoms with Crippen LogP contribution in [-0.2, 0) is 0 Å². The molecule has 4 nitrogen and oxygen atoms in total. The lowest BCUT2D eigenvalue weighted by atomic mass is 9.78. The van der Waals surface area contributed by atoms with E-state index in [1.54, 1.807) is 0 Å². The van der Waals surface area contributed by atoms with E-state index in [0.29, 0.717) is 23.7 Å². The Morgan fingerprint density at radius 1 is 1.14 bits per heavy atom. The maximum Gasteiger partial charge on any atom is 0.249 e. The minimum atomic E-state index is 0.513. The van der Waals surface area contributed by atoms with Crippen LogP contribution >= 0.6 is 0 Å². The first-order valence-corrected chi connectivity index (χ1v) is 7.81. The summed E-state index contributed by atoms with van der Waals surface area (Å²) in [6, 6.07) is 8.70. The van der Waals surface area contributed by atoms with Crippen molar-refractivity contribution in [2.75, 3.05) is 5.32 Å². The fourth-order valence-electron chi connectivity index (χ4n) is 3.19. The van der Waals surface area contributed by atoms with Gasteiger partial charge in [0.1, 0.15) is 0 Å². The Hall–Kier alpha value is -1.84. The molecule has 4 heteroatoms. The van der Waals surface area contributed by atoms with E-state index < -0.39 is 0 Å². The topological polar surface area (TPSA) is 51.0 Å². The first-order chi connectivity index (χ1) is 10.1. The average molecular weight is 285 g/mol. The van der Waals surface area contributed by atoms with Gasteiger partial charge in [0, 0.05) is 18.7 Å². The van der Waals surface area contributed by atoms with Crippen LogP contribution in [0.3, 0.4) is 0 Å². The quantitative estimate of drug-likeness (QED) is 0.914. The number of nitrogens with one attached hydrogen (secondary N) is 1. The molecule has 1 aliphatic rings. The molecule has 3 unspecified atom stereocenters. The van der Waals surface area contributed by atoms with Crippen LogP contribution in [0.1, 0.15) is 39.0 Å². The zero-order valence-electron chi connectivity index (χ0n) is 13.0. The van der Waals surface area contributed by atoms with Crippen molar-refractivity contribution in [1.29, 1.82) is 0 Å². The van der Waals surface area contributed by atoms with Gasteiger partial charge < -0.3 is 9.73 Å². The lowest BCUT2D eigenvalue weighted by molar-refractivity contribution is 0.253. The molecule has 0 amide bonds. The SMILES string of the molecule is Cc1nnc(-c2ccccc2NC2CCCC(C)C2C)o1. The monoisotopic (exact) mass is 285 g/mol. The first kappa shape index (κ1) is 14.1. The van der Waals surface area contributed by atoms with Crippen molar-refractivity contribution in [3.63, 3.8) is 0 Å². The standard InChI is InChI=1S/C17H23N3O/c1-11-7-6-10-15(12(11)2)18-16-9-5-4-8-14(16)17-20-19-13(3)21-17/h4-5,8-9,11-12,15,18H,6-7,10H2,1-3H3. The minimum absolute atomic E-state index is 0.513. The van der Waals surface area contributed by atoms with Crippen LogP contribution in [0.15, 0.2) is 28.7 Å². The van der Waals surface area contributed by atoms with E-state index in [4.69, 9.17) is 4.42 Å². The Kier molecular flexibility index (Phi) is 3.95. The van der Waals surface area contributed by atoms with E-state index in [1.165, 1.54) is 19.3 Å². The molecule has 0 aliphatic heterocycles. The van der Waals surface area contributed by atoms with Crippen LogP contribution in [0, 0.1) is 18.8 Å². The third-order valence-corrected chi connectivity index (χ3v) is 4.73. The highest BCUT2D eigenvalue weighted by atomic mass is 16.4. The number of aryl methyl sites for hydroxylation is 1. The maximum absolute atomic E-state index is 5.59. The Morgan fingerprint density at radius 3 is 2.71 bits per heavy atom. The van der Waals surface area contributed by atoms with Gasteiger partial charge in [0.2, 0.25) is 11.8 Å². The summed E-state index contributed by atoms with van der Waals surface area (Å²) < 4.78 is 5.59. The van der Waals surface area contributed by atoms with Crippen LogP contribution in [0.25, 0.3) is 11.5 Å². The van der Waals surface area contributed by atoms with Crippen molar-refractivity contribution < 1.29 is 4.42 Å². The molecule has 3 atom stereocenters. The molecule has 3 rings (SSSR count). The van der Waals surface area contributed by atoms with Crippen molar-refractivity contribution in [3.05, 3.63) is 30.2 Å². The number of nitrogens with zero attached hydrogens (tertiary/aromatic N) is 2. The van der Waals surface area contributed by atoms with Gasteiger partial charge in [-0.1, -0.05) is 38.8 Å². The molecule has 1 aromatic carbocycles. The molecule has 2 aromatic rings. The van der Waals surface area contributed by atoms with Gasteiger partial charge >= 0.3 is 0 Å². The second-order valence-electron chi connectivity index (χ2n) is 6.19. The largest absolute Gasteiger partial charge is 0.421 e. The highest BCUT2D eigenvalue weighted by Gasteiger charge is 2.27. The summed E-state index contributed by atoms with van der Waals surface area (Å²) >= 11 is 0. The molecular weight excluding hydrogens is 262 g/mol. The number of rotatable bonds is 3. The number of anilines is 1. The molecule has 1 N–H and O–H groups in total. The van der Waals surface area contributed by atoms with Gasteiger partial charge in [-0.15, -0.1) is 10.2 Å². The lowest BCUT2D eigenvalue weighted by Gasteiger charge is -2.35. The van der Waals surface area contributed by atoms with Crippen LogP contribution in [0.2, 0.25) is 0 Å². The molecule has 0 bridgehead atoms. The fourth-order valence-corrected chi connectivity index (χ4v) is 3.19. The van der Waals surface area contributed by atoms with E-state index >= 15 is 0 Å². The Bertz CT molecular complexity index is 608. The second-order valence-corrected chi connectivity index (χ2v) is 6.19. The zero-order valence-corrected chi connectivity index (χ0v) is 13.0. The van der Waals surface area contributed by atoms with Gasteiger partial charge in [0.15, 0.2) is 0 Å². The van der Waals surface area contributed by atoms with E-state index in [0.717, 1.165) is 17.2 Å². The molecule has 0 radical (unpaired) electrons. The summed E-state index contributed by atoms with van der Waals surface area (Å²) in [6.45, 7) is 6.52. The molecule has 0 saturated heterocycles. The summed E-state index contributed by atoms with van der Waals surface area (Å²) in [5, 5.41) is 11.8. The lowest BCUT2D eigenvalue weighted by Crippen LogP contribution is -2.35. The predicted octanol–water partition coefficient (Wildman–Crippen LogP) is 4.28. The molecule has 0 spiro atoms. The van der Waals surface area contributed by atoms with Gasteiger partial charge in [0.25, 0.3) is 0 Å². The Balaban J connectivity index is 1.86. The Morgan fingerprint density at radius 2 is 1.95 bits per heavy atom. The molecule has 1 aliphatic carbocycles. The average Bonchev–Trinajstić information content (AvgIpc) is 2.91. The molecular formula is C17H23N3O. The number of hydrogen-bond donors (Lipinski definition) is 1. The molecule has 1 aromatic heterocycles. The third-order valence-electron chi connectivity index (χ3n) is 4.73. The minimum Gasteiger partial charge on any atom is -0.421 e. The van der Waals surface area contributed by atoms with Crippen molar-refractivity contribution in [1.82, 2.24) is 10.2 Å². The molecule has 112 valence electrons. The number of aromatic nitrogens is 2. The highest BCUT2D eigenvalue weighted by molar-refractivity contribution is 5.72.